The number of hydrogen-bond acceptors (Lipinski definition) is 12. The zero-order valence-corrected chi connectivity index (χ0v) is 27.9. The van der Waals surface area contributed by atoms with Crippen LogP contribution in [0.25, 0.3) is 10.9 Å². The Hall–Kier alpha value is -5.92. The van der Waals surface area contributed by atoms with E-state index >= 15 is 0 Å². The highest BCUT2D eigenvalue weighted by Crippen LogP contribution is 2.34. The maximum Gasteiger partial charge on any atom is 0.232 e. The van der Waals surface area contributed by atoms with Crippen LogP contribution in [0.4, 0.5) is 35.2 Å². The smallest absolute Gasteiger partial charge is 0.232 e. The second kappa shape index (κ2) is 14.1. The van der Waals surface area contributed by atoms with Crippen molar-refractivity contribution < 1.29 is 0 Å². The summed E-state index contributed by atoms with van der Waals surface area (Å²) in [6.45, 7) is 5.36. The van der Waals surface area contributed by atoms with E-state index in [4.69, 9.17) is 21.4 Å². The molecular formula is C36H36N12S. The third-order valence-electron chi connectivity index (χ3n) is 8.07. The van der Waals surface area contributed by atoms with Gasteiger partial charge >= 0.3 is 0 Å². The predicted molar refractivity (Wildman–Crippen MR) is 196 cm³/mol. The lowest BCUT2D eigenvalue weighted by Crippen LogP contribution is -2.30. The number of benzene rings is 3. The average molecular weight is 669 g/mol. The molecule has 0 radical (unpaired) electrons. The monoisotopic (exact) mass is 668 g/mol. The van der Waals surface area contributed by atoms with Crippen LogP contribution in [0.3, 0.4) is 0 Å². The average Bonchev–Trinajstić information content (AvgIpc) is 3.76. The highest BCUT2D eigenvalue weighted by atomic mass is 32.1. The van der Waals surface area contributed by atoms with Gasteiger partial charge in [0.2, 0.25) is 23.8 Å². The molecule has 0 spiro atoms. The lowest BCUT2D eigenvalue weighted by Gasteiger charge is -2.26. The van der Waals surface area contributed by atoms with Crippen molar-refractivity contribution in [2.45, 2.75) is 32.9 Å². The van der Waals surface area contributed by atoms with Crippen molar-refractivity contribution in [3.8, 4) is 0 Å². The normalized spacial score (nSPS) is 12.0. The molecule has 0 aliphatic carbocycles. The summed E-state index contributed by atoms with van der Waals surface area (Å²) in [7, 11) is 0. The van der Waals surface area contributed by atoms with Crippen LogP contribution in [-0.2, 0) is 13.1 Å². The summed E-state index contributed by atoms with van der Waals surface area (Å²) in [6.07, 6.45) is 2.10. The number of aromatic amines is 1. The molecule has 0 aliphatic rings. The standard InChI is InChI=1S/C36H36N12S/c1-22-9-13-24(14-10-22)40-35-44-31(42-33(37)46-35)20-48(21-32-43-34(38)47-36(45-32)41-25-15-11-23(2)12-16-25)19-28(30-8-5-17-49-30)27-18-39-29-7-4-3-6-26(27)29/h3-18,28,39H,19-21H2,1-2H3,(H3,37,40,42,44,46)(H3,38,41,43,45,47)/t28-/m1/s1. The summed E-state index contributed by atoms with van der Waals surface area (Å²) in [5, 5.41) is 9.80. The maximum atomic E-state index is 6.22. The molecule has 7 rings (SSSR count). The molecule has 4 aromatic heterocycles. The van der Waals surface area contributed by atoms with Crippen molar-refractivity contribution in [1.29, 1.82) is 0 Å². The number of fused-ring (bicyclic) bond motifs is 1. The number of para-hydroxylation sites is 1. The Labute approximate surface area is 287 Å². The minimum atomic E-state index is 0.0184. The lowest BCUT2D eigenvalue weighted by atomic mass is 9.96. The van der Waals surface area contributed by atoms with Crippen molar-refractivity contribution in [2.75, 3.05) is 28.6 Å². The zero-order valence-electron chi connectivity index (χ0n) is 27.1. The van der Waals surface area contributed by atoms with Gasteiger partial charge in [-0.1, -0.05) is 59.7 Å². The second-order valence-corrected chi connectivity index (χ2v) is 12.9. The highest BCUT2D eigenvalue weighted by Gasteiger charge is 2.24. The summed E-state index contributed by atoms with van der Waals surface area (Å²) in [4.78, 5) is 34.2. The Morgan fingerprint density at radius 1 is 0.694 bits per heavy atom. The summed E-state index contributed by atoms with van der Waals surface area (Å²) >= 11 is 1.72. The minimum Gasteiger partial charge on any atom is -0.368 e. The van der Waals surface area contributed by atoms with Gasteiger partial charge in [0, 0.05) is 45.8 Å². The summed E-state index contributed by atoms with van der Waals surface area (Å²) in [5.41, 5.74) is 18.7. The van der Waals surface area contributed by atoms with E-state index in [0.29, 0.717) is 43.2 Å². The lowest BCUT2D eigenvalue weighted by molar-refractivity contribution is 0.237. The quantitative estimate of drug-likeness (QED) is 0.0938. The van der Waals surface area contributed by atoms with Gasteiger partial charge in [-0.2, -0.15) is 29.9 Å². The van der Waals surface area contributed by atoms with E-state index in [1.165, 1.54) is 15.8 Å². The SMILES string of the molecule is Cc1ccc(Nc2nc(N)nc(CN(Cc3nc(N)nc(Nc4ccc(C)cc4)n3)C[C@@H](c3cccs3)c3c[nH]c4ccccc34)n2)cc1. The molecule has 49 heavy (non-hydrogen) atoms. The molecule has 1 atom stereocenters. The van der Waals surface area contributed by atoms with Crippen LogP contribution < -0.4 is 22.1 Å². The number of H-pyrrole nitrogens is 1. The third-order valence-corrected chi connectivity index (χ3v) is 9.05. The first kappa shape index (κ1) is 31.7. The van der Waals surface area contributed by atoms with E-state index in [2.05, 4.69) is 82.4 Å². The Morgan fingerprint density at radius 3 is 1.82 bits per heavy atom. The number of nitrogen functional groups attached to an aromatic ring is 2. The van der Waals surface area contributed by atoms with Gasteiger partial charge in [0.15, 0.2) is 0 Å². The summed E-state index contributed by atoms with van der Waals surface area (Å²) in [6, 6.07) is 28.6. The fraction of sp³-hybridized carbons (Fsp3) is 0.167. The van der Waals surface area contributed by atoms with Crippen molar-refractivity contribution in [2.24, 2.45) is 0 Å². The molecular weight excluding hydrogens is 633 g/mol. The summed E-state index contributed by atoms with van der Waals surface area (Å²) in [5.74, 6) is 2.01. The van der Waals surface area contributed by atoms with Crippen molar-refractivity contribution in [3.05, 3.63) is 130 Å². The molecule has 0 saturated carbocycles. The van der Waals surface area contributed by atoms with E-state index in [0.717, 1.165) is 28.0 Å². The number of aromatic nitrogens is 7. The van der Waals surface area contributed by atoms with Gasteiger partial charge in [-0.25, -0.2) is 0 Å². The van der Waals surface area contributed by atoms with E-state index in [-0.39, 0.29) is 17.8 Å². The molecule has 0 aliphatic heterocycles. The fourth-order valence-corrected chi connectivity index (χ4v) is 6.55. The van der Waals surface area contributed by atoms with Crippen LogP contribution in [-0.4, -0.2) is 46.3 Å². The van der Waals surface area contributed by atoms with Gasteiger partial charge in [0.25, 0.3) is 0 Å². The van der Waals surface area contributed by atoms with Gasteiger partial charge in [-0.05, 0) is 61.2 Å². The molecule has 246 valence electrons. The van der Waals surface area contributed by atoms with Crippen molar-refractivity contribution in [3.63, 3.8) is 0 Å². The van der Waals surface area contributed by atoms with E-state index in [9.17, 15) is 0 Å². The molecule has 7 aromatic rings. The van der Waals surface area contributed by atoms with Crippen LogP contribution in [0.5, 0.6) is 0 Å². The number of thiophene rings is 1. The number of nitrogens with zero attached hydrogens (tertiary/aromatic N) is 7. The topological polar surface area (TPSA) is 172 Å². The van der Waals surface area contributed by atoms with Crippen LogP contribution in [0, 0.1) is 13.8 Å². The number of nitrogens with two attached hydrogens (primary N) is 2. The van der Waals surface area contributed by atoms with Gasteiger partial charge in [0.05, 0.1) is 13.1 Å². The second-order valence-electron chi connectivity index (χ2n) is 11.9. The first-order valence-corrected chi connectivity index (χ1v) is 16.7. The van der Waals surface area contributed by atoms with E-state index in [1.54, 1.807) is 11.3 Å². The predicted octanol–water partition coefficient (Wildman–Crippen LogP) is 6.70. The molecule has 13 heteroatoms. The molecule has 4 heterocycles. The maximum absolute atomic E-state index is 6.22. The molecule has 0 bridgehead atoms. The largest absolute Gasteiger partial charge is 0.368 e. The number of rotatable bonds is 12. The number of nitrogens with one attached hydrogen (secondary N) is 3. The third kappa shape index (κ3) is 7.80. The van der Waals surface area contributed by atoms with Crippen LogP contribution in [0.15, 0.2) is 96.5 Å². The summed E-state index contributed by atoms with van der Waals surface area (Å²) < 4.78 is 0. The van der Waals surface area contributed by atoms with E-state index < -0.39 is 0 Å². The number of hydrogen-bond donors (Lipinski definition) is 5. The molecule has 12 nitrogen and oxygen atoms in total. The first-order chi connectivity index (χ1) is 23.8. The Balaban J connectivity index is 1.23. The number of anilines is 6. The van der Waals surface area contributed by atoms with Crippen molar-refractivity contribution >= 4 is 57.4 Å². The highest BCUT2D eigenvalue weighted by molar-refractivity contribution is 7.10. The Kier molecular flexibility index (Phi) is 9.08. The zero-order chi connectivity index (χ0) is 33.7. The van der Waals surface area contributed by atoms with Gasteiger partial charge in [0.1, 0.15) is 11.6 Å². The van der Waals surface area contributed by atoms with Crippen molar-refractivity contribution in [1.82, 2.24) is 39.8 Å². The molecule has 0 amide bonds. The van der Waals surface area contributed by atoms with Crippen LogP contribution in [0.2, 0.25) is 0 Å². The Bertz CT molecular complexity index is 2060. The molecule has 7 N–H and O–H groups in total. The van der Waals surface area contributed by atoms with Crippen LogP contribution >= 0.6 is 11.3 Å². The fourth-order valence-electron chi connectivity index (χ4n) is 5.72. The van der Waals surface area contributed by atoms with Gasteiger partial charge < -0.3 is 27.1 Å². The first-order valence-electron chi connectivity index (χ1n) is 15.8. The molecule has 0 unspecified atom stereocenters. The molecule has 0 fully saturated rings. The van der Waals surface area contributed by atoms with Gasteiger partial charge in [-0.3, -0.25) is 4.90 Å². The molecule has 3 aromatic carbocycles. The molecule has 0 saturated heterocycles. The van der Waals surface area contributed by atoms with E-state index in [1.807, 2.05) is 68.4 Å². The minimum absolute atomic E-state index is 0.0184. The Morgan fingerprint density at radius 2 is 1.27 bits per heavy atom. The van der Waals surface area contributed by atoms with Crippen LogP contribution in [0.1, 0.15) is 39.1 Å². The van der Waals surface area contributed by atoms with Gasteiger partial charge in [-0.15, -0.1) is 11.3 Å². The number of aryl methyl sites for hydroxylation is 2.